The maximum atomic E-state index is 12.8. The Labute approximate surface area is 180 Å². The van der Waals surface area contributed by atoms with E-state index in [1.807, 2.05) is 38.3 Å². The summed E-state index contributed by atoms with van der Waals surface area (Å²) in [5, 5.41) is 0. The number of ether oxygens (including phenoxy) is 2. The highest BCUT2D eigenvalue weighted by molar-refractivity contribution is 7.98. The Balaban J connectivity index is 1.64. The first-order valence-corrected chi connectivity index (χ1v) is 11.2. The summed E-state index contributed by atoms with van der Waals surface area (Å²) in [5.41, 5.74) is 2.72. The van der Waals surface area contributed by atoms with Gasteiger partial charge in [0.05, 0.1) is 11.1 Å². The van der Waals surface area contributed by atoms with E-state index in [0.717, 1.165) is 21.8 Å². The Morgan fingerprint density at radius 3 is 2.33 bits per heavy atom. The highest BCUT2D eigenvalue weighted by atomic mass is 32.2. The molecule has 158 valence electrons. The molecule has 2 aromatic rings. The first-order chi connectivity index (χ1) is 14.4. The van der Waals surface area contributed by atoms with Crippen molar-refractivity contribution in [3.63, 3.8) is 0 Å². The zero-order valence-electron chi connectivity index (χ0n) is 17.3. The maximum Gasteiger partial charge on any atom is 0.329 e. The topological polar surface area (TPSA) is 72.9 Å². The van der Waals surface area contributed by atoms with Crippen molar-refractivity contribution in [2.75, 3.05) is 25.2 Å². The van der Waals surface area contributed by atoms with E-state index in [9.17, 15) is 14.4 Å². The van der Waals surface area contributed by atoms with Gasteiger partial charge >= 0.3 is 5.97 Å². The highest BCUT2D eigenvalue weighted by Crippen LogP contribution is 2.26. The Bertz CT molecular complexity index is 923. The minimum atomic E-state index is -0.953. The van der Waals surface area contributed by atoms with Crippen molar-refractivity contribution in [1.82, 2.24) is 4.90 Å². The molecule has 1 aliphatic heterocycles. The molecule has 2 amide bonds. The van der Waals surface area contributed by atoms with E-state index in [4.69, 9.17) is 9.47 Å². The number of esters is 1. The second-order valence-electron chi connectivity index (χ2n) is 7.11. The van der Waals surface area contributed by atoms with E-state index < -0.39 is 23.8 Å². The van der Waals surface area contributed by atoms with Crippen molar-refractivity contribution in [2.24, 2.45) is 0 Å². The van der Waals surface area contributed by atoms with Crippen LogP contribution in [0.15, 0.2) is 42.5 Å². The lowest BCUT2D eigenvalue weighted by Crippen LogP contribution is -2.46. The average Bonchev–Trinajstić information content (AvgIpc) is 2.99. The summed E-state index contributed by atoms with van der Waals surface area (Å²) in [6, 6.07) is 11.6. The molecule has 6 nitrogen and oxygen atoms in total. The van der Waals surface area contributed by atoms with Crippen LogP contribution in [-0.2, 0) is 9.53 Å². The number of aryl methyl sites for hydroxylation is 2. The van der Waals surface area contributed by atoms with Crippen molar-refractivity contribution in [1.29, 1.82) is 0 Å². The van der Waals surface area contributed by atoms with Crippen molar-refractivity contribution in [3.8, 4) is 5.75 Å². The largest absolute Gasteiger partial charge is 0.490 e. The predicted octanol–water partition coefficient (Wildman–Crippen LogP) is 3.64. The highest BCUT2D eigenvalue weighted by Gasteiger charge is 2.43. The van der Waals surface area contributed by atoms with Gasteiger partial charge in [-0.2, -0.15) is 11.8 Å². The SMILES string of the molecule is CSCCC(C(=O)OCCOc1cc(C)ccc1C)N1C(=O)c2ccccc2C1=O. The predicted molar refractivity (Wildman–Crippen MR) is 116 cm³/mol. The van der Waals surface area contributed by atoms with Gasteiger partial charge in [-0.3, -0.25) is 14.5 Å². The molecule has 0 aromatic heterocycles. The third-order valence-corrected chi connectivity index (χ3v) is 5.58. The number of thioether (sulfide) groups is 1. The van der Waals surface area contributed by atoms with Crippen molar-refractivity contribution >= 4 is 29.5 Å². The van der Waals surface area contributed by atoms with Crippen molar-refractivity contribution in [3.05, 3.63) is 64.7 Å². The van der Waals surface area contributed by atoms with Crippen LogP contribution in [0, 0.1) is 13.8 Å². The molecule has 1 aliphatic rings. The third kappa shape index (κ3) is 4.67. The quantitative estimate of drug-likeness (QED) is 0.346. The number of carbonyl (C=O) groups is 3. The monoisotopic (exact) mass is 427 g/mol. The molecule has 0 aliphatic carbocycles. The van der Waals surface area contributed by atoms with Gasteiger partial charge in [0.1, 0.15) is 25.0 Å². The molecule has 0 saturated heterocycles. The summed E-state index contributed by atoms with van der Waals surface area (Å²) in [4.78, 5) is 39.3. The van der Waals surface area contributed by atoms with E-state index in [-0.39, 0.29) is 13.2 Å². The molecular weight excluding hydrogens is 402 g/mol. The van der Waals surface area contributed by atoms with Gasteiger partial charge in [-0.15, -0.1) is 0 Å². The number of rotatable bonds is 9. The Morgan fingerprint density at radius 2 is 1.70 bits per heavy atom. The van der Waals surface area contributed by atoms with E-state index >= 15 is 0 Å². The Morgan fingerprint density at radius 1 is 1.03 bits per heavy atom. The molecule has 30 heavy (non-hydrogen) atoms. The fourth-order valence-electron chi connectivity index (χ4n) is 3.33. The fraction of sp³-hybridized carbons (Fsp3) is 0.348. The molecule has 0 saturated carbocycles. The molecule has 0 radical (unpaired) electrons. The first-order valence-electron chi connectivity index (χ1n) is 9.76. The number of carbonyl (C=O) groups excluding carboxylic acids is 3. The van der Waals surface area contributed by atoms with Crippen LogP contribution in [0.3, 0.4) is 0 Å². The van der Waals surface area contributed by atoms with Gasteiger partial charge in [-0.05, 0) is 61.6 Å². The van der Waals surface area contributed by atoms with Gasteiger partial charge < -0.3 is 9.47 Å². The summed E-state index contributed by atoms with van der Waals surface area (Å²) in [7, 11) is 0. The van der Waals surface area contributed by atoms with Gasteiger partial charge in [-0.1, -0.05) is 24.3 Å². The second-order valence-corrected chi connectivity index (χ2v) is 8.09. The normalized spacial score (nSPS) is 13.9. The van der Waals surface area contributed by atoms with Crippen LogP contribution in [-0.4, -0.2) is 53.9 Å². The van der Waals surface area contributed by atoms with Crippen LogP contribution in [0.1, 0.15) is 38.3 Å². The lowest BCUT2D eigenvalue weighted by Gasteiger charge is -2.24. The number of fused-ring (bicyclic) bond motifs is 1. The molecule has 7 heteroatoms. The van der Waals surface area contributed by atoms with Crippen LogP contribution in [0.25, 0.3) is 0 Å². The van der Waals surface area contributed by atoms with E-state index in [0.29, 0.717) is 23.3 Å². The van der Waals surface area contributed by atoms with Crippen LogP contribution in [0.2, 0.25) is 0 Å². The van der Waals surface area contributed by atoms with Gasteiger partial charge in [0.25, 0.3) is 11.8 Å². The zero-order valence-corrected chi connectivity index (χ0v) is 18.2. The van der Waals surface area contributed by atoms with Gasteiger partial charge in [-0.25, -0.2) is 4.79 Å². The molecule has 2 aromatic carbocycles. The molecule has 3 rings (SSSR count). The number of imide groups is 1. The van der Waals surface area contributed by atoms with E-state index in [1.54, 1.807) is 24.3 Å². The smallest absolute Gasteiger partial charge is 0.329 e. The molecule has 0 N–H and O–H groups in total. The minimum absolute atomic E-state index is 0.0329. The minimum Gasteiger partial charge on any atom is -0.490 e. The summed E-state index contributed by atoms with van der Waals surface area (Å²) in [6.07, 6.45) is 2.24. The summed E-state index contributed by atoms with van der Waals surface area (Å²) < 4.78 is 11.1. The van der Waals surface area contributed by atoms with Gasteiger partial charge in [0.15, 0.2) is 0 Å². The van der Waals surface area contributed by atoms with Crippen molar-refractivity contribution < 1.29 is 23.9 Å². The molecule has 1 atom stereocenters. The number of amides is 2. The molecule has 0 fully saturated rings. The van der Waals surface area contributed by atoms with Crippen LogP contribution < -0.4 is 4.74 Å². The molecular formula is C23H25NO5S. The maximum absolute atomic E-state index is 12.8. The lowest BCUT2D eigenvalue weighted by atomic mass is 10.1. The van der Waals surface area contributed by atoms with E-state index in [2.05, 4.69) is 0 Å². The van der Waals surface area contributed by atoms with Crippen LogP contribution >= 0.6 is 11.8 Å². The number of benzene rings is 2. The lowest BCUT2D eigenvalue weighted by molar-refractivity contribution is -0.149. The number of hydrogen-bond donors (Lipinski definition) is 0. The summed E-state index contributed by atoms with van der Waals surface area (Å²) >= 11 is 1.54. The van der Waals surface area contributed by atoms with Gasteiger partial charge in [0.2, 0.25) is 0 Å². The zero-order chi connectivity index (χ0) is 21.7. The van der Waals surface area contributed by atoms with Gasteiger partial charge in [0, 0.05) is 0 Å². The van der Waals surface area contributed by atoms with Crippen LogP contribution in [0.4, 0.5) is 0 Å². The Kier molecular flexibility index (Phi) is 7.15. The van der Waals surface area contributed by atoms with E-state index in [1.165, 1.54) is 11.8 Å². The fourth-order valence-corrected chi connectivity index (χ4v) is 3.78. The second kappa shape index (κ2) is 9.80. The standard InChI is InChI=1S/C23H25NO5S/c1-15-8-9-16(2)20(14-15)28-11-12-29-23(27)19(10-13-30-3)24-21(25)17-6-4-5-7-18(17)22(24)26/h4-9,14,19H,10-13H2,1-3H3. The summed E-state index contributed by atoms with van der Waals surface area (Å²) in [6.45, 7) is 4.14. The van der Waals surface area contributed by atoms with Crippen LogP contribution in [0.5, 0.6) is 5.75 Å². The Hall–Kier alpha value is -2.80. The summed E-state index contributed by atoms with van der Waals surface area (Å²) in [5.74, 6) is -0.143. The molecule has 1 heterocycles. The molecule has 1 unspecified atom stereocenters. The molecule has 0 spiro atoms. The average molecular weight is 428 g/mol. The number of nitrogens with zero attached hydrogens (tertiary/aromatic N) is 1. The molecule has 0 bridgehead atoms. The van der Waals surface area contributed by atoms with Crippen molar-refractivity contribution in [2.45, 2.75) is 26.3 Å². The third-order valence-electron chi connectivity index (χ3n) is 4.93. The first kappa shape index (κ1) is 21.9. The number of hydrogen-bond acceptors (Lipinski definition) is 6.